The van der Waals surface area contributed by atoms with Gasteiger partial charge in [-0.3, -0.25) is 9.52 Å². The van der Waals surface area contributed by atoms with E-state index in [1.165, 1.54) is 36.4 Å². The second-order valence-corrected chi connectivity index (χ2v) is 8.37. The lowest BCUT2D eigenvalue weighted by molar-refractivity contribution is -0.0504. The standard InChI is InChI=1S/C21H17ClF2N2O4S/c22-17-6-2-3-7-18(17)26-31(28,29)16-11-9-14(10-12-16)20(27)25-13-15-5-1-4-8-19(15)30-21(23)24/h1-12,21,26H,13H2,(H,25,27). The molecule has 0 spiro atoms. The van der Waals surface area contributed by atoms with Crippen molar-refractivity contribution in [3.8, 4) is 5.75 Å². The summed E-state index contributed by atoms with van der Waals surface area (Å²) in [5.41, 5.74) is 0.805. The number of alkyl halides is 2. The van der Waals surface area contributed by atoms with Gasteiger partial charge in [-0.1, -0.05) is 41.9 Å². The summed E-state index contributed by atoms with van der Waals surface area (Å²) in [6.45, 7) is -3.03. The van der Waals surface area contributed by atoms with Crippen LogP contribution in [0.2, 0.25) is 5.02 Å². The van der Waals surface area contributed by atoms with E-state index in [-0.39, 0.29) is 33.5 Å². The van der Waals surface area contributed by atoms with E-state index in [9.17, 15) is 22.0 Å². The van der Waals surface area contributed by atoms with E-state index in [1.54, 1.807) is 36.4 Å². The highest BCUT2D eigenvalue weighted by atomic mass is 35.5. The van der Waals surface area contributed by atoms with Crippen LogP contribution in [0, 0.1) is 0 Å². The van der Waals surface area contributed by atoms with Crippen LogP contribution >= 0.6 is 11.6 Å². The van der Waals surface area contributed by atoms with Crippen LogP contribution in [0.25, 0.3) is 0 Å². The maximum atomic E-state index is 12.5. The van der Waals surface area contributed by atoms with Crippen LogP contribution < -0.4 is 14.8 Å². The van der Waals surface area contributed by atoms with Gasteiger partial charge in [-0.25, -0.2) is 8.42 Å². The third kappa shape index (κ3) is 5.93. The number of hydrogen-bond donors (Lipinski definition) is 2. The van der Waals surface area contributed by atoms with Crippen molar-refractivity contribution in [3.05, 3.63) is 88.9 Å². The van der Waals surface area contributed by atoms with Crippen molar-refractivity contribution in [1.29, 1.82) is 0 Å². The largest absolute Gasteiger partial charge is 0.434 e. The minimum atomic E-state index is -3.90. The third-order valence-corrected chi connectivity index (χ3v) is 5.88. The van der Waals surface area contributed by atoms with Crippen molar-refractivity contribution in [2.45, 2.75) is 18.1 Å². The summed E-state index contributed by atoms with van der Waals surface area (Å²) >= 11 is 5.98. The molecule has 31 heavy (non-hydrogen) atoms. The van der Waals surface area contributed by atoms with Gasteiger partial charge in [-0.05, 0) is 42.5 Å². The highest BCUT2D eigenvalue weighted by molar-refractivity contribution is 7.92. The second kappa shape index (κ2) is 9.76. The molecule has 0 heterocycles. The quantitative estimate of drug-likeness (QED) is 0.505. The molecule has 0 fully saturated rings. The fourth-order valence-corrected chi connectivity index (χ4v) is 3.99. The van der Waals surface area contributed by atoms with Gasteiger partial charge in [0.05, 0.1) is 15.6 Å². The number of sulfonamides is 1. The molecule has 0 aliphatic carbocycles. The minimum Gasteiger partial charge on any atom is -0.434 e. The maximum absolute atomic E-state index is 12.5. The molecule has 0 saturated carbocycles. The Morgan fingerprint density at radius 2 is 1.61 bits per heavy atom. The number of benzene rings is 3. The normalized spacial score (nSPS) is 11.2. The van der Waals surface area contributed by atoms with Crippen molar-refractivity contribution in [1.82, 2.24) is 5.32 Å². The molecule has 0 unspecified atom stereocenters. The summed E-state index contributed by atoms with van der Waals surface area (Å²) in [6.07, 6.45) is 0. The van der Waals surface area contributed by atoms with Gasteiger partial charge in [0, 0.05) is 17.7 Å². The second-order valence-electron chi connectivity index (χ2n) is 6.28. The van der Waals surface area contributed by atoms with Crippen LogP contribution in [0.1, 0.15) is 15.9 Å². The summed E-state index contributed by atoms with van der Waals surface area (Å²) in [7, 11) is -3.90. The number of anilines is 1. The van der Waals surface area contributed by atoms with E-state index in [0.29, 0.717) is 5.56 Å². The Morgan fingerprint density at radius 3 is 2.29 bits per heavy atom. The van der Waals surface area contributed by atoms with E-state index >= 15 is 0 Å². The maximum Gasteiger partial charge on any atom is 0.387 e. The van der Waals surface area contributed by atoms with Gasteiger partial charge in [0.15, 0.2) is 0 Å². The van der Waals surface area contributed by atoms with Crippen molar-refractivity contribution >= 4 is 33.2 Å². The minimum absolute atomic E-state index is 0.0371. The van der Waals surface area contributed by atoms with Gasteiger partial charge in [0.25, 0.3) is 15.9 Å². The lowest BCUT2D eigenvalue weighted by Gasteiger charge is -2.12. The Labute approximate surface area is 182 Å². The number of rotatable bonds is 8. The summed E-state index contributed by atoms with van der Waals surface area (Å²) in [4.78, 5) is 12.3. The van der Waals surface area contributed by atoms with E-state index < -0.39 is 22.5 Å². The Bertz CT molecular complexity index is 1170. The van der Waals surface area contributed by atoms with Crippen molar-refractivity contribution in [2.75, 3.05) is 4.72 Å². The van der Waals surface area contributed by atoms with Gasteiger partial charge < -0.3 is 10.1 Å². The average Bonchev–Trinajstić information content (AvgIpc) is 2.74. The summed E-state index contributed by atoms with van der Waals surface area (Å²) in [5.74, 6) is -0.542. The van der Waals surface area contributed by atoms with Gasteiger partial charge >= 0.3 is 6.61 Å². The Kier molecular flexibility index (Phi) is 7.09. The molecule has 3 rings (SSSR count). The first-order valence-corrected chi connectivity index (χ1v) is 10.8. The molecule has 6 nitrogen and oxygen atoms in total. The van der Waals surface area contributed by atoms with E-state index in [2.05, 4.69) is 14.8 Å². The molecule has 3 aromatic carbocycles. The highest BCUT2D eigenvalue weighted by Crippen LogP contribution is 2.24. The molecular weight excluding hydrogens is 450 g/mol. The zero-order valence-corrected chi connectivity index (χ0v) is 17.5. The van der Waals surface area contributed by atoms with Crippen LogP contribution in [-0.2, 0) is 16.6 Å². The van der Waals surface area contributed by atoms with Crippen LogP contribution in [-0.4, -0.2) is 20.9 Å². The lowest BCUT2D eigenvalue weighted by Crippen LogP contribution is -2.23. The molecule has 1 amide bonds. The number of nitrogens with one attached hydrogen (secondary N) is 2. The smallest absolute Gasteiger partial charge is 0.387 e. The molecule has 162 valence electrons. The number of ether oxygens (including phenoxy) is 1. The van der Waals surface area contributed by atoms with Crippen LogP contribution in [0.5, 0.6) is 5.75 Å². The van der Waals surface area contributed by atoms with Crippen molar-refractivity contribution in [3.63, 3.8) is 0 Å². The average molecular weight is 467 g/mol. The summed E-state index contributed by atoms with van der Waals surface area (Å²) < 4.78 is 56.8. The van der Waals surface area contributed by atoms with Crippen molar-refractivity contribution < 1.29 is 26.7 Å². The topological polar surface area (TPSA) is 84.5 Å². The van der Waals surface area contributed by atoms with E-state index in [0.717, 1.165) is 0 Å². The molecule has 0 atom stereocenters. The van der Waals surface area contributed by atoms with Gasteiger partial charge in [-0.15, -0.1) is 0 Å². The number of hydrogen-bond acceptors (Lipinski definition) is 4. The number of para-hydroxylation sites is 2. The van der Waals surface area contributed by atoms with Crippen LogP contribution in [0.4, 0.5) is 14.5 Å². The first kappa shape index (κ1) is 22.5. The zero-order chi connectivity index (χ0) is 22.4. The summed E-state index contributed by atoms with van der Waals surface area (Å²) in [5, 5.41) is 2.84. The third-order valence-electron chi connectivity index (χ3n) is 4.17. The highest BCUT2D eigenvalue weighted by Gasteiger charge is 2.17. The zero-order valence-electron chi connectivity index (χ0n) is 15.9. The summed E-state index contributed by atoms with van der Waals surface area (Å²) in [6, 6.07) is 17.7. The van der Waals surface area contributed by atoms with Gasteiger partial charge in [0.2, 0.25) is 0 Å². The Morgan fingerprint density at radius 1 is 0.968 bits per heavy atom. The fourth-order valence-electron chi connectivity index (χ4n) is 2.67. The molecule has 0 saturated heterocycles. The van der Waals surface area contributed by atoms with Crippen LogP contribution in [0.15, 0.2) is 77.7 Å². The molecular formula is C21H17ClF2N2O4S. The SMILES string of the molecule is O=C(NCc1ccccc1OC(F)F)c1ccc(S(=O)(=O)Nc2ccccc2Cl)cc1. The molecule has 0 bridgehead atoms. The first-order valence-electron chi connectivity index (χ1n) is 8.94. The number of halogens is 3. The molecule has 0 aromatic heterocycles. The predicted molar refractivity (Wildman–Crippen MR) is 113 cm³/mol. The first-order chi connectivity index (χ1) is 14.8. The Hall–Kier alpha value is -3.17. The van der Waals surface area contributed by atoms with Gasteiger partial charge in [-0.2, -0.15) is 8.78 Å². The lowest BCUT2D eigenvalue weighted by atomic mass is 10.2. The number of amides is 1. The molecule has 10 heteroatoms. The van der Waals surface area contributed by atoms with E-state index in [1.807, 2.05) is 0 Å². The predicted octanol–water partition coefficient (Wildman–Crippen LogP) is 4.67. The molecule has 2 N–H and O–H groups in total. The number of carbonyl (C=O) groups excluding carboxylic acids is 1. The number of carbonyl (C=O) groups is 1. The van der Waals surface area contributed by atoms with Crippen molar-refractivity contribution in [2.24, 2.45) is 0 Å². The van der Waals surface area contributed by atoms with Crippen LogP contribution in [0.3, 0.4) is 0 Å². The molecule has 3 aromatic rings. The molecule has 0 aliphatic rings. The Balaban J connectivity index is 1.67. The van der Waals surface area contributed by atoms with Gasteiger partial charge in [0.1, 0.15) is 5.75 Å². The molecule has 0 aliphatic heterocycles. The van der Waals surface area contributed by atoms with E-state index in [4.69, 9.17) is 11.6 Å². The monoisotopic (exact) mass is 466 g/mol. The molecule has 0 radical (unpaired) electrons. The fraction of sp³-hybridized carbons (Fsp3) is 0.0952.